The normalized spacial score (nSPS) is 16.4. The van der Waals surface area contributed by atoms with Crippen molar-refractivity contribution < 1.29 is 14.0 Å². The fraction of sp³-hybridized carbons (Fsp3) is 0.263. The molecule has 1 heterocycles. The molecular formula is C19H20FN3O2. The maximum atomic E-state index is 13.5. The van der Waals surface area contributed by atoms with Gasteiger partial charge in [0, 0.05) is 29.9 Å². The monoisotopic (exact) mass is 341 g/mol. The average Bonchev–Trinajstić information content (AvgIpc) is 3.16. The standard InChI is InChI=1S/C19H20FN3O2/c20-17-4-2-1-3-14(17)12-22-18(24)13-5-7-16(8-6-13)23-19(25)15-9-10-21-11-15/h1-8,15,21H,9-12H2,(H,22,24)(H,23,25). The molecule has 0 aliphatic carbocycles. The molecule has 0 aromatic heterocycles. The highest BCUT2D eigenvalue weighted by Crippen LogP contribution is 2.14. The minimum atomic E-state index is -0.345. The van der Waals surface area contributed by atoms with E-state index in [1.807, 2.05) is 0 Å². The summed E-state index contributed by atoms with van der Waals surface area (Å²) in [5.74, 6) is -0.658. The number of carbonyl (C=O) groups excluding carboxylic acids is 2. The zero-order chi connectivity index (χ0) is 17.6. The lowest BCUT2D eigenvalue weighted by molar-refractivity contribution is -0.119. The number of hydrogen-bond acceptors (Lipinski definition) is 3. The van der Waals surface area contributed by atoms with Crippen LogP contribution in [-0.2, 0) is 11.3 Å². The van der Waals surface area contributed by atoms with E-state index in [1.54, 1.807) is 42.5 Å². The zero-order valence-electron chi connectivity index (χ0n) is 13.7. The highest BCUT2D eigenvalue weighted by molar-refractivity contribution is 5.96. The maximum Gasteiger partial charge on any atom is 0.251 e. The number of anilines is 1. The Labute approximate surface area is 145 Å². The number of benzene rings is 2. The van der Waals surface area contributed by atoms with Gasteiger partial charge in [-0.3, -0.25) is 9.59 Å². The van der Waals surface area contributed by atoms with E-state index >= 15 is 0 Å². The van der Waals surface area contributed by atoms with Crippen LogP contribution >= 0.6 is 0 Å². The van der Waals surface area contributed by atoms with E-state index in [2.05, 4.69) is 16.0 Å². The summed E-state index contributed by atoms with van der Waals surface area (Å²) >= 11 is 0. The molecule has 2 aromatic carbocycles. The van der Waals surface area contributed by atoms with Crippen molar-refractivity contribution in [2.24, 2.45) is 5.92 Å². The second-order valence-corrected chi connectivity index (χ2v) is 6.03. The summed E-state index contributed by atoms with van der Waals surface area (Å²) in [6, 6.07) is 13.0. The molecule has 3 N–H and O–H groups in total. The lowest BCUT2D eigenvalue weighted by Gasteiger charge is -2.10. The summed E-state index contributed by atoms with van der Waals surface area (Å²) < 4.78 is 13.5. The minimum Gasteiger partial charge on any atom is -0.348 e. The van der Waals surface area contributed by atoms with Crippen molar-refractivity contribution in [1.82, 2.24) is 10.6 Å². The van der Waals surface area contributed by atoms with Crippen LogP contribution in [0.3, 0.4) is 0 Å². The Morgan fingerprint density at radius 2 is 1.88 bits per heavy atom. The second-order valence-electron chi connectivity index (χ2n) is 6.03. The molecule has 1 aliphatic rings. The van der Waals surface area contributed by atoms with E-state index in [9.17, 15) is 14.0 Å². The van der Waals surface area contributed by atoms with Crippen LogP contribution in [0.25, 0.3) is 0 Å². The largest absolute Gasteiger partial charge is 0.348 e. The number of nitrogens with one attached hydrogen (secondary N) is 3. The Balaban J connectivity index is 1.55. The average molecular weight is 341 g/mol. The van der Waals surface area contributed by atoms with E-state index in [4.69, 9.17) is 0 Å². The molecule has 25 heavy (non-hydrogen) atoms. The van der Waals surface area contributed by atoms with Gasteiger partial charge in [0.15, 0.2) is 0 Å². The molecule has 6 heteroatoms. The Morgan fingerprint density at radius 1 is 1.12 bits per heavy atom. The SMILES string of the molecule is O=C(NCc1ccccc1F)c1ccc(NC(=O)C2CCNC2)cc1. The van der Waals surface area contributed by atoms with Crippen LogP contribution in [0.5, 0.6) is 0 Å². The van der Waals surface area contributed by atoms with Gasteiger partial charge in [-0.25, -0.2) is 4.39 Å². The van der Waals surface area contributed by atoms with Crippen LogP contribution in [0, 0.1) is 11.7 Å². The fourth-order valence-electron chi connectivity index (χ4n) is 2.75. The Bertz CT molecular complexity index is 756. The minimum absolute atomic E-state index is 0.0104. The fourth-order valence-corrected chi connectivity index (χ4v) is 2.75. The third-order valence-electron chi connectivity index (χ3n) is 4.24. The molecule has 1 unspecified atom stereocenters. The molecule has 2 amide bonds. The molecule has 1 atom stereocenters. The molecule has 1 saturated heterocycles. The van der Waals surface area contributed by atoms with E-state index in [-0.39, 0.29) is 30.1 Å². The van der Waals surface area contributed by atoms with E-state index in [0.717, 1.165) is 13.0 Å². The first-order valence-corrected chi connectivity index (χ1v) is 8.27. The zero-order valence-corrected chi connectivity index (χ0v) is 13.7. The molecule has 1 fully saturated rings. The van der Waals surface area contributed by atoms with Gasteiger partial charge in [0.05, 0.1) is 5.92 Å². The van der Waals surface area contributed by atoms with E-state index < -0.39 is 0 Å². The van der Waals surface area contributed by atoms with Gasteiger partial charge in [0.25, 0.3) is 5.91 Å². The smallest absolute Gasteiger partial charge is 0.251 e. The van der Waals surface area contributed by atoms with Crippen LogP contribution in [0.2, 0.25) is 0 Å². The van der Waals surface area contributed by atoms with Gasteiger partial charge in [0.1, 0.15) is 5.82 Å². The summed E-state index contributed by atoms with van der Waals surface area (Å²) in [4.78, 5) is 24.2. The summed E-state index contributed by atoms with van der Waals surface area (Å²) in [7, 11) is 0. The summed E-state index contributed by atoms with van der Waals surface area (Å²) in [6.07, 6.45) is 0.836. The summed E-state index contributed by atoms with van der Waals surface area (Å²) in [6.45, 7) is 1.68. The van der Waals surface area contributed by atoms with Crippen molar-refractivity contribution in [3.05, 3.63) is 65.5 Å². The van der Waals surface area contributed by atoms with Crippen molar-refractivity contribution in [1.29, 1.82) is 0 Å². The second kappa shape index (κ2) is 7.90. The van der Waals surface area contributed by atoms with Gasteiger partial charge in [-0.15, -0.1) is 0 Å². The number of carbonyl (C=O) groups is 2. The van der Waals surface area contributed by atoms with Crippen molar-refractivity contribution in [3.8, 4) is 0 Å². The van der Waals surface area contributed by atoms with Gasteiger partial charge in [-0.05, 0) is 43.3 Å². The van der Waals surface area contributed by atoms with Crippen LogP contribution < -0.4 is 16.0 Å². The predicted molar refractivity (Wildman–Crippen MR) is 93.6 cm³/mol. The van der Waals surface area contributed by atoms with Gasteiger partial charge in [0.2, 0.25) is 5.91 Å². The molecule has 3 rings (SSSR count). The number of amides is 2. The molecule has 5 nitrogen and oxygen atoms in total. The summed E-state index contributed by atoms with van der Waals surface area (Å²) in [5.41, 5.74) is 1.55. The molecular weight excluding hydrogens is 321 g/mol. The van der Waals surface area contributed by atoms with Crippen molar-refractivity contribution in [3.63, 3.8) is 0 Å². The van der Waals surface area contributed by atoms with Crippen LogP contribution in [0.4, 0.5) is 10.1 Å². The van der Waals surface area contributed by atoms with E-state index in [1.165, 1.54) is 6.07 Å². The molecule has 0 radical (unpaired) electrons. The third-order valence-corrected chi connectivity index (χ3v) is 4.24. The molecule has 0 spiro atoms. The van der Waals surface area contributed by atoms with Gasteiger partial charge >= 0.3 is 0 Å². The van der Waals surface area contributed by atoms with Gasteiger partial charge < -0.3 is 16.0 Å². The van der Waals surface area contributed by atoms with Crippen molar-refractivity contribution in [2.45, 2.75) is 13.0 Å². The van der Waals surface area contributed by atoms with E-state index in [0.29, 0.717) is 23.4 Å². The Morgan fingerprint density at radius 3 is 2.56 bits per heavy atom. The number of hydrogen-bond donors (Lipinski definition) is 3. The topological polar surface area (TPSA) is 70.2 Å². The highest BCUT2D eigenvalue weighted by Gasteiger charge is 2.22. The highest BCUT2D eigenvalue weighted by atomic mass is 19.1. The Hall–Kier alpha value is -2.73. The molecule has 2 aromatic rings. The molecule has 0 saturated carbocycles. The third kappa shape index (κ3) is 4.42. The molecule has 130 valence electrons. The lowest BCUT2D eigenvalue weighted by Crippen LogP contribution is -2.25. The first-order chi connectivity index (χ1) is 12.1. The van der Waals surface area contributed by atoms with Gasteiger partial charge in [-0.2, -0.15) is 0 Å². The Kier molecular flexibility index (Phi) is 5.40. The van der Waals surface area contributed by atoms with Crippen LogP contribution in [0.1, 0.15) is 22.3 Å². The van der Waals surface area contributed by atoms with Crippen LogP contribution in [-0.4, -0.2) is 24.9 Å². The first-order valence-electron chi connectivity index (χ1n) is 8.27. The van der Waals surface area contributed by atoms with Crippen molar-refractivity contribution >= 4 is 17.5 Å². The van der Waals surface area contributed by atoms with Crippen LogP contribution in [0.15, 0.2) is 48.5 Å². The maximum absolute atomic E-state index is 13.5. The first kappa shape index (κ1) is 17.1. The number of rotatable bonds is 5. The van der Waals surface area contributed by atoms with Gasteiger partial charge in [-0.1, -0.05) is 18.2 Å². The molecule has 1 aliphatic heterocycles. The quantitative estimate of drug-likeness (QED) is 0.782. The molecule has 0 bridgehead atoms. The number of halogens is 1. The summed E-state index contributed by atoms with van der Waals surface area (Å²) in [5, 5.41) is 8.70. The predicted octanol–water partition coefficient (Wildman–Crippen LogP) is 2.30. The lowest BCUT2D eigenvalue weighted by atomic mass is 10.1. The van der Waals surface area contributed by atoms with Crippen molar-refractivity contribution in [2.75, 3.05) is 18.4 Å².